The first-order valence-electron chi connectivity index (χ1n) is 6.14. The lowest BCUT2D eigenvalue weighted by Gasteiger charge is -2.12. The standard InChI is InChI=1S/C13H19NO4S2/c1-9-4-5-11(13(15)16)8-12(9)20(17,18)14-7-6-10(2)19-3/h4-5,8,10,14H,6-7H2,1-3H3,(H,15,16). The summed E-state index contributed by atoms with van der Waals surface area (Å²) in [5, 5.41) is 9.29. The molecule has 0 bridgehead atoms. The first-order chi connectivity index (χ1) is 9.27. The zero-order valence-corrected chi connectivity index (χ0v) is 13.3. The fraction of sp³-hybridized carbons (Fsp3) is 0.462. The second-order valence-corrected chi connectivity index (χ2v) is 7.53. The first kappa shape index (κ1) is 17.0. The van der Waals surface area contributed by atoms with Crippen LogP contribution >= 0.6 is 11.8 Å². The van der Waals surface area contributed by atoms with Gasteiger partial charge in [-0.15, -0.1) is 0 Å². The van der Waals surface area contributed by atoms with Crippen LogP contribution in [0.2, 0.25) is 0 Å². The molecule has 0 heterocycles. The van der Waals surface area contributed by atoms with Crippen LogP contribution in [0.25, 0.3) is 0 Å². The average molecular weight is 317 g/mol. The lowest BCUT2D eigenvalue weighted by molar-refractivity contribution is 0.0696. The van der Waals surface area contributed by atoms with Crippen molar-refractivity contribution in [3.05, 3.63) is 29.3 Å². The molecule has 1 aromatic carbocycles. The van der Waals surface area contributed by atoms with E-state index in [2.05, 4.69) is 4.72 Å². The Kier molecular flexibility index (Phi) is 6.04. The summed E-state index contributed by atoms with van der Waals surface area (Å²) >= 11 is 1.67. The maximum atomic E-state index is 12.2. The molecule has 20 heavy (non-hydrogen) atoms. The Bertz CT molecular complexity index is 584. The maximum absolute atomic E-state index is 12.2. The number of hydrogen-bond acceptors (Lipinski definition) is 4. The molecule has 112 valence electrons. The third-order valence-corrected chi connectivity index (χ3v) is 5.61. The van der Waals surface area contributed by atoms with Crippen molar-refractivity contribution in [2.75, 3.05) is 12.8 Å². The van der Waals surface area contributed by atoms with Gasteiger partial charge in [0.05, 0.1) is 10.5 Å². The lowest BCUT2D eigenvalue weighted by atomic mass is 10.1. The molecule has 0 aromatic heterocycles. The zero-order valence-electron chi connectivity index (χ0n) is 11.7. The van der Waals surface area contributed by atoms with Gasteiger partial charge in [0.25, 0.3) is 0 Å². The van der Waals surface area contributed by atoms with Gasteiger partial charge in [-0.3, -0.25) is 0 Å². The van der Waals surface area contributed by atoms with Crippen LogP contribution in [0.1, 0.15) is 29.3 Å². The third kappa shape index (κ3) is 4.50. The van der Waals surface area contributed by atoms with Crippen LogP contribution in [-0.4, -0.2) is 37.5 Å². The van der Waals surface area contributed by atoms with Gasteiger partial charge in [-0.25, -0.2) is 17.9 Å². The van der Waals surface area contributed by atoms with Gasteiger partial charge >= 0.3 is 5.97 Å². The summed E-state index contributed by atoms with van der Waals surface area (Å²) in [7, 11) is -3.67. The van der Waals surface area contributed by atoms with E-state index < -0.39 is 16.0 Å². The number of rotatable bonds is 7. The van der Waals surface area contributed by atoms with Crippen molar-refractivity contribution in [2.45, 2.75) is 30.4 Å². The van der Waals surface area contributed by atoms with Crippen molar-refractivity contribution >= 4 is 27.8 Å². The molecular formula is C13H19NO4S2. The summed E-state index contributed by atoms with van der Waals surface area (Å²) in [5.41, 5.74) is 0.494. The highest BCUT2D eigenvalue weighted by Gasteiger charge is 2.18. The van der Waals surface area contributed by atoms with E-state index in [0.29, 0.717) is 17.4 Å². The number of nitrogens with one attached hydrogen (secondary N) is 1. The van der Waals surface area contributed by atoms with E-state index in [4.69, 9.17) is 5.11 Å². The highest BCUT2D eigenvalue weighted by atomic mass is 32.2. The molecule has 1 rings (SSSR count). The Morgan fingerprint density at radius 1 is 1.45 bits per heavy atom. The predicted octanol–water partition coefficient (Wildman–Crippen LogP) is 2.11. The summed E-state index contributed by atoms with van der Waals surface area (Å²) in [4.78, 5) is 10.9. The van der Waals surface area contributed by atoms with E-state index >= 15 is 0 Å². The minimum atomic E-state index is -3.67. The molecule has 0 radical (unpaired) electrons. The van der Waals surface area contributed by atoms with E-state index in [1.165, 1.54) is 18.2 Å². The molecule has 1 atom stereocenters. The minimum Gasteiger partial charge on any atom is -0.478 e. The number of thioether (sulfide) groups is 1. The second kappa shape index (κ2) is 7.10. The summed E-state index contributed by atoms with van der Waals surface area (Å²) in [6.07, 6.45) is 2.69. The smallest absolute Gasteiger partial charge is 0.335 e. The van der Waals surface area contributed by atoms with Crippen molar-refractivity contribution in [3.8, 4) is 0 Å². The Labute approximate surface area is 123 Å². The van der Waals surface area contributed by atoms with Crippen molar-refractivity contribution < 1.29 is 18.3 Å². The molecular weight excluding hydrogens is 298 g/mol. The van der Waals surface area contributed by atoms with Gasteiger partial charge < -0.3 is 5.11 Å². The van der Waals surface area contributed by atoms with Gasteiger partial charge in [0, 0.05) is 11.8 Å². The fourth-order valence-corrected chi connectivity index (χ4v) is 3.28. The zero-order chi connectivity index (χ0) is 15.3. The topological polar surface area (TPSA) is 83.5 Å². The van der Waals surface area contributed by atoms with Crippen LogP contribution in [0.15, 0.2) is 23.1 Å². The molecule has 0 spiro atoms. The van der Waals surface area contributed by atoms with Crippen molar-refractivity contribution in [1.29, 1.82) is 0 Å². The van der Waals surface area contributed by atoms with Gasteiger partial charge in [0.1, 0.15) is 0 Å². The number of carboxylic acid groups (broad SMARTS) is 1. The van der Waals surface area contributed by atoms with Crippen LogP contribution in [0.5, 0.6) is 0 Å². The lowest BCUT2D eigenvalue weighted by Crippen LogP contribution is -2.27. The van der Waals surface area contributed by atoms with Crippen LogP contribution in [0.4, 0.5) is 0 Å². The Hall–Kier alpha value is -1.05. The number of carbonyl (C=O) groups is 1. The first-order valence-corrected chi connectivity index (χ1v) is 8.91. The number of aromatic carboxylic acids is 1. The maximum Gasteiger partial charge on any atom is 0.335 e. The second-order valence-electron chi connectivity index (χ2n) is 4.52. The van der Waals surface area contributed by atoms with Gasteiger partial charge in [-0.2, -0.15) is 11.8 Å². The molecule has 0 saturated carbocycles. The van der Waals surface area contributed by atoms with Gasteiger partial charge in [0.15, 0.2) is 0 Å². The summed E-state index contributed by atoms with van der Waals surface area (Å²) in [6, 6.07) is 4.09. The molecule has 0 aliphatic carbocycles. The molecule has 7 heteroatoms. The number of sulfonamides is 1. The van der Waals surface area contributed by atoms with Crippen LogP contribution < -0.4 is 4.72 Å². The Balaban J connectivity index is 2.92. The van der Waals surface area contributed by atoms with E-state index in [9.17, 15) is 13.2 Å². The highest BCUT2D eigenvalue weighted by molar-refractivity contribution is 7.99. The normalized spacial score (nSPS) is 13.2. The van der Waals surface area contributed by atoms with E-state index in [0.717, 1.165) is 6.42 Å². The van der Waals surface area contributed by atoms with E-state index in [1.54, 1.807) is 18.7 Å². The van der Waals surface area contributed by atoms with Gasteiger partial charge in [0.2, 0.25) is 10.0 Å². The fourth-order valence-electron chi connectivity index (χ4n) is 1.61. The summed E-state index contributed by atoms with van der Waals surface area (Å²) in [6.45, 7) is 4.00. The third-order valence-electron chi connectivity index (χ3n) is 2.97. The Morgan fingerprint density at radius 3 is 2.65 bits per heavy atom. The quantitative estimate of drug-likeness (QED) is 0.805. The molecule has 0 fully saturated rings. The molecule has 1 unspecified atom stereocenters. The predicted molar refractivity (Wildman–Crippen MR) is 80.9 cm³/mol. The van der Waals surface area contributed by atoms with Crippen LogP contribution in [0, 0.1) is 6.92 Å². The van der Waals surface area contributed by atoms with Crippen LogP contribution in [0.3, 0.4) is 0 Å². The molecule has 0 aliphatic rings. The van der Waals surface area contributed by atoms with Crippen molar-refractivity contribution in [1.82, 2.24) is 4.72 Å². The van der Waals surface area contributed by atoms with E-state index in [1.807, 2.05) is 13.2 Å². The summed E-state index contributed by atoms with van der Waals surface area (Å²) in [5.74, 6) is -1.14. The van der Waals surface area contributed by atoms with Gasteiger partial charge in [-0.05, 0) is 37.3 Å². The summed E-state index contributed by atoms with van der Waals surface area (Å²) < 4.78 is 26.9. The van der Waals surface area contributed by atoms with Crippen molar-refractivity contribution in [2.24, 2.45) is 0 Å². The molecule has 5 nitrogen and oxygen atoms in total. The monoisotopic (exact) mass is 317 g/mol. The molecule has 0 aliphatic heterocycles. The highest BCUT2D eigenvalue weighted by Crippen LogP contribution is 2.17. The molecule has 0 saturated heterocycles. The SMILES string of the molecule is CSC(C)CCNS(=O)(=O)c1cc(C(=O)O)ccc1C. The largest absolute Gasteiger partial charge is 0.478 e. The van der Waals surface area contributed by atoms with Gasteiger partial charge in [-0.1, -0.05) is 13.0 Å². The number of carboxylic acids is 1. The number of benzene rings is 1. The molecule has 0 amide bonds. The van der Waals surface area contributed by atoms with Crippen LogP contribution in [-0.2, 0) is 10.0 Å². The molecule has 1 aromatic rings. The van der Waals surface area contributed by atoms with Crippen molar-refractivity contribution in [3.63, 3.8) is 0 Å². The minimum absolute atomic E-state index is 0.0224. The number of hydrogen-bond donors (Lipinski definition) is 2. The number of aryl methyl sites for hydroxylation is 1. The average Bonchev–Trinajstić information content (AvgIpc) is 2.38. The van der Waals surface area contributed by atoms with E-state index in [-0.39, 0.29) is 10.5 Å². The Morgan fingerprint density at radius 2 is 2.10 bits per heavy atom. The molecule has 2 N–H and O–H groups in total.